The summed E-state index contributed by atoms with van der Waals surface area (Å²) in [4.78, 5) is 8.33. The zero-order chi connectivity index (χ0) is 3.58. The third kappa shape index (κ3) is 309. The summed E-state index contributed by atoms with van der Waals surface area (Å²) in [5, 5.41) is 16.7. The molecule has 0 aromatic rings. The molecule has 0 atom stereocenters. The van der Waals surface area contributed by atoms with Gasteiger partial charge >= 0.3 is 0 Å². The second-order valence-electron chi connectivity index (χ2n) is 0.250. The Balaban J connectivity index is -0.0000000450. The molecule has 5 heteroatoms. The Morgan fingerprint density at radius 2 is 1.17 bits per heavy atom. The number of hydrogen-bond acceptors (Lipinski definition) is 3. The highest BCUT2D eigenvalue weighted by molar-refractivity contribution is 5.76. The van der Waals surface area contributed by atoms with E-state index in [9.17, 15) is 0 Å². The van der Waals surface area contributed by atoms with Crippen LogP contribution in [0.4, 0.5) is 4.79 Å². The fourth-order valence-electron chi connectivity index (χ4n) is 0. The van der Waals surface area contributed by atoms with Gasteiger partial charge in [-0.25, -0.2) is 0 Å². The van der Waals surface area contributed by atoms with Crippen LogP contribution in [0.3, 0.4) is 0 Å². The lowest BCUT2D eigenvalue weighted by Crippen LogP contribution is -2.37. The number of hydrogen-bond donors (Lipinski definition) is 0. The van der Waals surface area contributed by atoms with Gasteiger partial charge in [-0.05, 0) is 6.16 Å². The van der Waals surface area contributed by atoms with Gasteiger partial charge in [-0.2, -0.15) is 0 Å². The molecule has 3 nitrogen and oxygen atoms in total. The van der Waals surface area contributed by atoms with Gasteiger partial charge in [-0.3, -0.25) is 0 Å². The van der Waals surface area contributed by atoms with E-state index < -0.39 is 6.16 Å². The molecule has 0 aromatic heterocycles. The monoisotopic (exact) mass is 116 g/mol. The van der Waals surface area contributed by atoms with Crippen LogP contribution in [0.5, 0.6) is 0 Å². The van der Waals surface area contributed by atoms with E-state index in [2.05, 4.69) is 0 Å². The Morgan fingerprint density at radius 1 is 1.17 bits per heavy atom. The molecule has 6 heavy (non-hydrogen) atoms. The lowest BCUT2D eigenvalue weighted by atomic mass is 11.5. The summed E-state index contributed by atoms with van der Waals surface area (Å²) < 4.78 is 0. The minimum Gasteiger partial charge on any atom is -0.652 e. The number of carbonyl (C=O) groups excluding carboxylic acids is 1. The molecule has 32 valence electrons. The predicted octanol–water partition coefficient (Wildman–Crippen LogP) is -3.21. The second-order valence-corrected chi connectivity index (χ2v) is 0.250. The van der Waals surface area contributed by atoms with E-state index in [4.69, 9.17) is 15.0 Å². The van der Waals surface area contributed by atoms with E-state index in [-0.39, 0.29) is 21.9 Å². The molecular formula is CO3Si2-2. The molecule has 0 aromatic carbocycles. The minimum absolute atomic E-state index is 0. The van der Waals surface area contributed by atoms with Gasteiger partial charge in [-0.1, -0.05) is 0 Å². The molecule has 0 aliphatic heterocycles. The van der Waals surface area contributed by atoms with Crippen molar-refractivity contribution in [1.82, 2.24) is 0 Å². The molecule has 0 unspecified atom stereocenters. The maximum absolute atomic E-state index is 8.33. The molecule has 0 saturated carbocycles. The highest BCUT2D eigenvalue weighted by atomic mass is 28.1. The standard InChI is InChI=1S/CH2O3.2Si/c2-1(3)4;;/h(H2,2,3,4);;/p-2. The normalized spacial score (nSPS) is 4.00. The molecule has 0 fully saturated rings. The van der Waals surface area contributed by atoms with Gasteiger partial charge in [-0.15, -0.1) is 0 Å². The van der Waals surface area contributed by atoms with Gasteiger partial charge in [0.15, 0.2) is 0 Å². The van der Waals surface area contributed by atoms with Gasteiger partial charge in [0, 0.05) is 21.9 Å². The lowest BCUT2D eigenvalue weighted by molar-refractivity contribution is -0.415. The summed E-state index contributed by atoms with van der Waals surface area (Å²) in [5.41, 5.74) is 0. The van der Waals surface area contributed by atoms with Crippen LogP contribution in [0.25, 0.3) is 0 Å². The van der Waals surface area contributed by atoms with Crippen LogP contribution in [0.1, 0.15) is 0 Å². The van der Waals surface area contributed by atoms with Crippen molar-refractivity contribution in [2.24, 2.45) is 0 Å². The molecule has 0 spiro atoms. The molecule has 8 radical (unpaired) electrons. The topological polar surface area (TPSA) is 63.2 Å². The number of carboxylic acid groups (broad SMARTS) is 2. The van der Waals surface area contributed by atoms with Gasteiger partial charge in [0.2, 0.25) is 0 Å². The maximum atomic E-state index is 8.33. The zero-order valence-electron chi connectivity index (χ0n) is 2.72. The van der Waals surface area contributed by atoms with Crippen molar-refractivity contribution >= 4 is 28.1 Å². The quantitative estimate of drug-likeness (QED) is 0.313. The van der Waals surface area contributed by atoms with Crippen LogP contribution >= 0.6 is 0 Å². The average molecular weight is 116 g/mol. The van der Waals surface area contributed by atoms with E-state index in [0.29, 0.717) is 0 Å². The fourth-order valence-corrected chi connectivity index (χ4v) is 0. The Kier molecular flexibility index (Phi) is 25.4. The van der Waals surface area contributed by atoms with E-state index in [1.165, 1.54) is 0 Å². The van der Waals surface area contributed by atoms with E-state index >= 15 is 0 Å². The van der Waals surface area contributed by atoms with E-state index in [1.54, 1.807) is 0 Å². The fraction of sp³-hybridized carbons (Fsp3) is 0. The van der Waals surface area contributed by atoms with Crippen LogP contribution in [0.2, 0.25) is 0 Å². The van der Waals surface area contributed by atoms with Crippen molar-refractivity contribution in [3.63, 3.8) is 0 Å². The van der Waals surface area contributed by atoms with Crippen molar-refractivity contribution in [3.05, 3.63) is 0 Å². The summed E-state index contributed by atoms with van der Waals surface area (Å²) >= 11 is 0. The second kappa shape index (κ2) is 8.83. The van der Waals surface area contributed by atoms with Crippen LogP contribution in [-0.4, -0.2) is 28.1 Å². The third-order valence-electron chi connectivity index (χ3n) is 0. The average Bonchev–Trinajstić information content (AvgIpc) is 0.811. The summed E-state index contributed by atoms with van der Waals surface area (Å²) in [7, 11) is 0. The first-order valence-corrected chi connectivity index (χ1v) is 0.612. The summed E-state index contributed by atoms with van der Waals surface area (Å²) in [6.45, 7) is 0. The summed E-state index contributed by atoms with van der Waals surface area (Å²) in [5.74, 6) is 0. The number of carbonyl (C=O) groups is 1. The zero-order valence-corrected chi connectivity index (χ0v) is 4.72. The third-order valence-corrected chi connectivity index (χ3v) is 0. The highest BCUT2D eigenvalue weighted by Gasteiger charge is 1.26. The molecule has 0 aliphatic carbocycles. The van der Waals surface area contributed by atoms with Crippen molar-refractivity contribution < 1.29 is 15.0 Å². The van der Waals surface area contributed by atoms with Gasteiger partial charge in [0.25, 0.3) is 0 Å². The van der Waals surface area contributed by atoms with E-state index in [1.807, 2.05) is 0 Å². The van der Waals surface area contributed by atoms with Gasteiger partial charge in [0.1, 0.15) is 0 Å². The molecule has 0 saturated heterocycles. The van der Waals surface area contributed by atoms with Crippen molar-refractivity contribution in [2.45, 2.75) is 0 Å². The molecular weight excluding hydrogens is 116 g/mol. The predicted molar refractivity (Wildman–Crippen MR) is 16.9 cm³/mol. The summed E-state index contributed by atoms with van der Waals surface area (Å²) in [6, 6.07) is 0. The highest BCUT2D eigenvalue weighted by Crippen LogP contribution is 1.21. The van der Waals surface area contributed by atoms with Crippen molar-refractivity contribution in [1.29, 1.82) is 0 Å². The maximum Gasteiger partial charge on any atom is 0 e. The molecule has 0 N–H and O–H groups in total. The van der Waals surface area contributed by atoms with Crippen LogP contribution in [-0.2, 0) is 0 Å². The molecule has 0 aliphatic rings. The number of rotatable bonds is 0. The summed E-state index contributed by atoms with van der Waals surface area (Å²) in [6.07, 6.45) is -2.33. The molecule has 0 rings (SSSR count). The first kappa shape index (κ1) is 17.3. The smallest absolute Gasteiger partial charge is 0 e. The van der Waals surface area contributed by atoms with Gasteiger partial charge < -0.3 is 15.0 Å². The minimum atomic E-state index is -2.33. The van der Waals surface area contributed by atoms with Crippen LogP contribution in [0, 0.1) is 0 Å². The van der Waals surface area contributed by atoms with E-state index in [0.717, 1.165) is 0 Å². The molecule has 0 heterocycles. The van der Waals surface area contributed by atoms with Crippen molar-refractivity contribution in [3.8, 4) is 0 Å². The molecule has 0 amide bonds. The lowest BCUT2D eigenvalue weighted by Gasteiger charge is -1.96. The Morgan fingerprint density at radius 3 is 1.17 bits per heavy atom. The first-order chi connectivity index (χ1) is 1.73. The molecule has 0 bridgehead atoms. The van der Waals surface area contributed by atoms with Crippen LogP contribution < -0.4 is 10.2 Å². The Hall–Kier alpha value is -0.296. The largest absolute Gasteiger partial charge is 0.652 e. The Labute approximate surface area is 44.0 Å². The SMILES string of the molecule is O=C([O-])[O-].[Si].[Si]. The first-order valence-electron chi connectivity index (χ1n) is 0.612. The Bertz CT molecular complexity index is 31.8. The van der Waals surface area contributed by atoms with Crippen LogP contribution in [0.15, 0.2) is 0 Å². The van der Waals surface area contributed by atoms with Gasteiger partial charge in [0.05, 0.1) is 0 Å². The van der Waals surface area contributed by atoms with Crippen molar-refractivity contribution in [2.75, 3.05) is 0 Å².